The third-order valence-corrected chi connectivity index (χ3v) is 7.43. The van der Waals surface area contributed by atoms with E-state index in [1.165, 1.54) is 4.88 Å². The van der Waals surface area contributed by atoms with Crippen molar-refractivity contribution in [2.24, 2.45) is 0 Å². The summed E-state index contributed by atoms with van der Waals surface area (Å²) in [6.45, 7) is 8.29. The van der Waals surface area contributed by atoms with E-state index in [0.29, 0.717) is 6.61 Å². The lowest BCUT2D eigenvalue weighted by Gasteiger charge is -2.39. The molecule has 3 heterocycles. The van der Waals surface area contributed by atoms with Crippen LogP contribution in [0.5, 0.6) is 5.75 Å². The zero-order chi connectivity index (χ0) is 20.9. The summed E-state index contributed by atoms with van der Waals surface area (Å²) in [5.74, 6) is 1.13. The van der Waals surface area contributed by atoms with Crippen LogP contribution < -0.4 is 4.74 Å². The van der Waals surface area contributed by atoms with Crippen molar-refractivity contribution in [3.05, 3.63) is 51.7 Å². The van der Waals surface area contributed by atoms with Crippen molar-refractivity contribution >= 4 is 28.8 Å². The van der Waals surface area contributed by atoms with Crippen molar-refractivity contribution < 1.29 is 9.53 Å². The highest BCUT2D eigenvalue weighted by Gasteiger charge is 2.35. The third-order valence-electron chi connectivity index (χ3n) is 6.21. The standard InChI is InChI=1S/C23H30ClN3O2S/c1-18(23(28)27-10-2-4-21(27)22-5-3-17-30-22)26-13-11-25(12-14-26)15-16-29-20-8-6-19(24)7-9-20/h3,5-9,17-18,21H,2,4,10-16H2,1H3. The first-order valence-electron chi connectivity index (χ1n) is 10.8. The molecule has 7 heteroatoms. The van der Waals surface area contributed by atoms with Gasteiger partial charge in [0, 0.05) is 49.2 Å². The number of nitrogens with zero attached hydrogens (tertiary/aromatic N) is 3. The summed E-state index contributed by atoms with van der Waals surface area (Å²) < 4.78 is 5.82. The van der Waals surface area contributed by atoms with Gasteiger partial charge in [0.1, 0.15) is 12.4 Å². The first kappa shape index (κ1) is 21.6. The van der Waals surface area contributed by atoms with Gasteiger partial charge in [-0.05, 0) is 55.5 Å². The van der Waals surface area contributed by atoms with Gasteiger partial charge in [0.2, 0.25) is 5.91 Å². The van der Waals surface area contributed by atoms with E-state index in [2.05, 4.69) is 39.1 Å². The molecule has 2 saturated heterocycles. The quantitative estimate of drug-likeness (QED) is 0.638. The Kier molecular flexibility index (Phi) is 7.31. The molecule has 0 aliphatic carbocycles. The van der Waals surface area contributed by atoms with Gasteiger partial charge in [0.05, 0.1) is 12.1 Å². The number of hydrogen-bond acceptors (Lipinski definition) is 5. The lowest BCUT2D eigenvalue weighted by atomic mass is 10.1. The Morgan fingerprint density at radius 2 is 1.93 bits per heavy atom. The lowest BCUT2D eigenvalue weighted by Crippen LogP contribution is -2.54. The highest BCUT2D eigenvalue weighted by molar-refractivity contribution is 7.10. The lowest BCUT2D eigenvalue weighted by molar-refractivity contribution is -0.138. The topological polar surface area (TPSA) is 36.0 Å². The third kappa shape index (κ3) is 5.17. The van der Waals surface area contributed by atoms with E-state index in [0.717, 1.165) is 62.9 Å². The number of halogens is 1. The van der Waals surface area contributed by atoms with Gasteiger partial charge in [0.15, 0.2) is 0 Å². The van der Waals surface area contributed by atoms with E-state index < -0.39 is 0 Å². The monoisotopic (exact) mass is 447 g/mol. The van der Waals surface area contributed by atoms with Crippen LogP contribution in [0.15, 0.2) is 41.8 Å². The van der Waals surface area contributed by atoms with E-state index in [9.17, 15) is 4.79 Å². The minimum atomic E-state index is -0.0574. The average Bonchev–Trinajstić information content (AvgIpc) is 3.46. The molecule has 162 valence electrons. The van der Waals surface area contributed by atoms with Crippen LogP contribution in [0.3, 0.4) is 0 Å². The Hall–Kier alpha value is -1.60. The molecule has 0 radical (unpaired) electrons. The second-order valence-electron chi connectivity index (χ2n) is 8.06. The van der Waals surface area contributed by atoms with Crippen LogP contribution in [0.25, 0.3) is 0 Å². The number of rotatable bonds is 7. The molecule has 0 spiro atoms. The first-order valence-corrected chi connectivity index (χ1v) is 12.1. The Balaban J connectivity index is 1.22. The fourth-order valence-corrected chi connectivity index (χ4v) is 5.40. The molecule has 1 aromatic heterocycles. The van der Waals surface area contributed by atoms with Gasteiger partial charge in [-0.3, -0.25) is 14.6 Å². The Labute approximate surface area is 188 Å². The van der Waals surface area contributed by atoms with Crippen LogP contribution in [0.4, 0.5) is 0 Å². The number of carbonyl (C=O) groups is 1. The predicted molar refractivity (Wildman–Crippen MR) is 122 cm³/mol. The molecule has 2 fully saturated rings. The second kappa shape index (κ2) is 10.1. The summed E-state index contributed by atoms with van der Waals surface area (Å²) in [4.78, 5) is 21.4. The maximum Gasteiger partial charge on any atom is 0.240 e. The van der Waals surface area contributed by atoms with Gasteiger partial charge < -0.3 is 9.64 Å². The molecular weight excluding hydrogens is 418 g/mol. The molecule has 0 saturated carbocycles. The molecule has 1 amide bonds. The number of benzene rings is 1. The zero-order valence-electron chi connectivity index (χ0n) is 17.5. The molecular formula is C23H30ClN3O2S. The predicted octanol–water partition coefficient (Wildman–Crippen LogP) is 4.15. The Bertz CT molecular complexity index is 806. The summed E-state index contributed by atoms with van der Waals surface area (Å²) in [7, 11) is 0. The summed E-state index contributed by atoms with van der Waals surface area (Å²) in [6, 6.07) is 11.9. The number of carbonyl (C=O) groups excluding carboxylic acids is 1. The van der Waals surface area contributed by atoms with Gasteiger partial charge in [-0.15, -0.1) is 11.3 Å². The van der Waals surface area contributed by atoms with Crippen molar-refractivity contribution in [1.82, 2.24) is 14.7 Å². The van der Waals surface area contributed by atoms with E-state index in [-0.39, 0.29) is 18.0 Å². The first-order chi connectivity index (χ1) is 14.6. The molecule has 30 heavy (non-hydrogen) atoms. The number of ether oxygens (including phenoxy) is 1. The number of hydrogen-bond donors (Lipinski definition) is 0. The summed E-state index contributed by atoms with van der Waals surface area (Å²) in [6.07, 6.45) is 2.18. The number of thiophene rings is 1. The minimum Gasteiger partial charge on any atom is -0.492 e. The van der Waals surface area contributed by atoms with Crippen LogP contribution in [-0.4, -0.2) is 72.5 Å². The van der Waals surface area contributed by atoms with Crippen LogP contribution >= 0.6 is 22.9 Å². The van der Waals surface area contributed by atoms with E-state index in [4.69, 9.17) is 16.3 Å². The smallest absolute Gasteiger partial charge is 0.240 e. The molecule has 2 atom stereocenters. The van der Waals surface area contributed by atoms with Crippen LogP contribution in [0.1, 0.15) is 30.7 Å². The van der Waals surface area contributed by atoms with Gasteiger partial charge in [-0.25, -0.2) is 0 Å². The van der Waals surface area contributed by atoms with Crippen molar-refractivity contribution in [3.63, 3.8) is 0 Å². The zero-order valence-corrected chi connectivity index (χ0v) is 19.1. The maximum atomic E-state index is 13.2. The highest BCUT2D eigenvalue weighted by Crippen LogP contribution is 2.35. The fraction of sp³-hybridized carbons (Fsp3) is 0.522. The largest absolute Gasteiger partial charge is 0.492 e. The van der Waals surface area contributed by atoms with Crippen LogP contribution in [0.2, 0.25) is 5.02 Å². The molecule has 5 nitrogen and oxygen atoms in total. The van der Waals surface area contributed by atoms with Crippen LogP contribution in [0, 0.1) is 0 Å². The van der Waals surface area contributed by atoms with Gasteiger partial charge >= 0.3 is 0 Å². The summed E-state index contributed by atoms with van der Waals surface area (Å²) in [5, 5.41) is 2.83. The second-order valence-corrected chi connectivity index (χ2v) is 9.48. The van der Waals surface area contributed by atoms with Gasteiger partial charge in [-0.1, -0.05) is 17.7 Å². The van der Waals surface area contributed by atoms with Crippen molar-refractivity contribution in [1.29, 1.82) is 0 Å². The SMILES string of the molecule is CC(C(=O)N1CCCC1c1cccs1)N1CCN(CCOc2ccc(Cl)cc2)CC1. The number of piperazine rings is 1. The van der Waals surface area contributed by atoms with Crippen molar-refractivity contribution in [2.45, 2.75) is 31.8 Å². The maximum absolute atomic E-state index is 13.2. The highest BCUT2D eigenvalue weighted by atomic mass is 35.5. The molecule has 0 N–H and O–H groups in total. The van der Waals surface area contributed by atoms with Crippen LogP contribution in [-0.2, 0) is 4.79 Å². The molecule has 0 bridgehead atoms. The van der Waals surface area contributed by atoms with E-state index in [1.807, 2.05) is 24.3 Å². The fourth-order valence-electron chi connectivity index (χ4n) is 4.40. The van der Waals surface area contributed by atoms with E-state index >= 15 is 0 Å². The molecule has 4 rings (SSSR count). The Morgan fingerprint density at radius 3 is 2.63 bits per heavy atom. The van der Waals surface area contributed by atoms with E-state index in [1.54, 1.807) is 11.3 Å². The molecule has 2 unspecified atom stereocenters. The normalized spacial score (nSPS) is 21.7. The number of amides is 1. The molecule has 2 aromatic rings. The Morgan fingerprint density at radius 1 is 1.17 bits per heavy atom. The van der Waals surface area contributed by atoms with Crippen molar-refractivity contribution in [3.8, 4) is 5.75 Å². The minimum absolute atomic E-state index is 0.0574. The molecule has 1 aromatic carbocycles. The number of likely N-dealkylation sites (tertiary alicyclic amines) is 1. The molecule has 2 aliphatic rings. The van der Waals surface area contributed by atoms with Crippen molar-refractivity contribution in [2.75, 3.05) is 45.9 Å². The van der Waals surface area contributed by atoms with Gasteiger partial charge in [-0.2, -0.15) is 0 Å². The van der Waals surface area contributed by atoms with Gasteiger partial charge in [0.25, 0.3) is 0 Å². The average molecular weight is 448 g/mol. The summed E-state index contributed by atoms with van der Waals surface area (Å²) >= 11 is 7.67. The molecule has 2 aliphatic heterocycles. The summed E-state index contributed by atoms with van der Waals surface area (Å²) in [5.41, 5.74) is 0.